The predicted octanol–water partition coefficient (Wildman–Crippen LogP) is 2.99. The fourth-order valence-electron chi connectivity index (χ4n) is 5.06. The molecule has 8 nitrogen and oxygen atoms in total. The first-order chi connectivity index (χ1) is 17.0. The van der Waals surface area contributed by atoms with Gasteiger partial charge in [0.05, 0.1) is 22.3 Å². The Morgan fingerprint density at radius 1 is 1.00 bits per heavy atom. The summed E-state index contributed by atoms with van der Waals surface area (Å²) in [6.45, 7) is 4.58. The van der Waals surface area contributed by atoms with Gasteiger partial charge >= 0.3 is 0 Å². The Bertz CT molecular complexity index is 1260. The van der Waals surface area contributed by atoms with Crippen molar-refractivity contribution in [2.75, 3.05) is 26.2 Å². The summed E-state index contributed by atoms with van der Waals surface area (Å²) in [6.07, 6.45) is 5.79. The molecule has 2 aromatic carbocycles. The van der Waals surface area contributed by atoms with E-state index in [1.807, 2.05) is 10.6 Å². The number of piperidine rings is 1. The van der Waals surface area contributed by atoms with Gasteiger partial charge in [-0.2, -0.15) is 4.31 Å². The molecule has 2 aliphatic heterocycles. The number of aryl methyl sites for hydroxylation is 1. The molecule has 9 heteroatoms. The summed E-state index contributed by atoms with van der Waals surface area (Å²) < 4.78 is 29.1. The molecule has 2 fully saturated rings. The monoisotopic (exact) mass is 495 g/mol. The fraction of sp³-hybridized carbons (Fsp3) is 0.462. The number of benzene rings is 2. The molecule has 0 aliphatic carbocycles. The summed E-state index contributed by atoms with van der Waals surface area (Å²) in [5, 5.41) is 3.19. The number of fused-ring (bicyclic) bond motifs is 1. The van der Waals surface area contributed by atoms with Crippen LogP contribution in [0.1, 0.15) is 37.7 Å². The number of sulfonamides is 1. The molecule has 5 rings (SSSR count). The second-order valence-electron chi connectivity index (χ2n) is 9.55. The number of likely N-dealkylation sites (tertiary alicyclic amines) is 1. The Morgan fingerprint density at radius 3 is 2.49 bits per heavy atom. The van der Waals surface area contributed by atoms with E-state index in [-0.39, 0.29) is 16.8 Å². The maximum Gasteiger partial charge on any atom is 0.243 e. The fourth-order valence-corrected chi connectivity index (χ4v) is 6.60. The Morgan fingerprint density at radius 2 is 1.74 bits per heavy atom. The Hall–Kier alpha value is -2.75. The molecular formula is C26H33N5O3S. The molecule has 2 aliphatic rings. The van der Waals surface area contributed by atoms with Crippen LogP contribution in [0.15, 0.2) is 59.8 Å². The molecule has 3 heterocycles. The summed E-state index contributed by atoms with van der Waals surface area (Å²) in [5.41, 5.74) is 2.80. The predicted molar refractivity (Wildman–Crippen MR) is 135 cm³/mol. The van der Waals surface area contributed by atoms with Gasteiger partial charge in [0.2, 0.25) is 15.9 Å². The van der Waals surface area contributed by atoms with Crippen LogP contribution in [-0.4, -0.2) is 65.3 Å². The van der Waals surface area contributed by atoms with Gasteiger partial charge in [0, 0.05) is 51.7 Å². The van der Waals surface area contributed by atoms with Crippen LogP contribution < -0.4 is 5.32 Å². The SMILES string of the molecule is O=C(CCn1cnc2cc(S(=O)(=O)N3CCCC3)ccc21)NC1CCN(Cc2ccccc2)CC1. The van der Waals surface area contributed by atoms with Crippen molar-refractivity contribution in [3.05, 3.63) is 60.4 Å². The van der Waals surface area contributed by atoms with Crippen molar-refractivity contribution in [3.63, 3.8) is 0 Å². The Balaban J connectivity index is 1.12. The molecule has 0 atom stereocenters. The van der Waals surface area contributed by atoms with Crippen molar-refractivity contribution in [2.45, 2.75) is 56.1 Å². The maximum atomic E-state index is 12.8. The van der Waals surface area contributed by atoms with Crippen LogP contribution in [0.3, 0.4) is 0 Å². The van der Waals surface area contributed by atoms with E-state index in [0.717, 1.165) is 50.8 Å². The Labute approximate surface area is 207 Å². The summed E-state index contributed by atoms with van der Waals surface area (Å²) in [4.78, 5) is 19.7. The minimum atomic E-state index is -3.47. The van der Waals surface area contributed by atoms with Gasteiger partial charge in [0.25, 0.3) is 0 Å². The molecule has 1 amide bonds. The van der Waals surface area contributed by atoms with E-state index in [1.54, 1.807) is 28.8 Å². The van der Waals surface area contributed by atoms with Gasteiger partial charge < -0.3 is 9.88 Å². The molecule has 0 radical (unpaired) electrons. The molecule has 1 N–H and O–H groups in total. The van der Waals surface area contributed by atoms with Crippen molar-refractivity contribution < 1.29 is 13.2 Å². The molecule has 186 valence electrons. The quantitative estimate of drug-likeness (QED) is 0.519. The van der Waals surface area contributed by atoms with Crippen molar-refractivity contribution in [2.24, 2.45) is 0 Å². The van der Waals surface area contributed by atoms with Gasteiger partial charge in [-0.15, -0.1) is 0 Å². The zero-order valence-corrected chi connectivity index (χ0v) is 20.8. The van der Waals surface area contributed by atoms with Gasteiger partial charge in [-0.3, -0.25) is 9.69 Å². The minimum Gasteiger partial charge on any atom is -0.353 e. The summed E-state index contributed by atoms with van der Waals surface area (Å²) in [6, 6.07) is 15.8. The molecule has 0 saturated carbocycles. The maximum absolute atomic E-state index is 12.8. The molecule has 0 bridgehead atoms. The van der Waals surface area contributed by atoms with Gasteiger partial charge in [-0.25, -0.2) is 13.4 Å². The largest absolute Gasteiger partial charge is 0.353 e. The third-order valence-corrected chi connectivity index (χ3v) is 8.97. The second-order valence-corrected chi connectivity index (χ2v) is 11.5. The lowest BCUT2D eigenvalue weighted by Crippen LogP contribution is -2.44. The standard InChI is InChI=1S/C26H33N5O3S/c32-26(28-22-10-15-29(16-11-22)19-21-6-2-1-3-7-21)12-17-30-20-27-24-18-23(8-9-25(24)30)35(33,34)31-13-4-5-14-31/h1-3,6-9,18,20,22H,4-5,10-17,19H2,(H,28,32). The first-order valence-electron chi connectivity index (χ1n) is 12.5. The minimum absolute atomic E-state index is 0.0431. The smallest absolute Gasteiger partial charge is 0.243 e. The van der Waals surface area contributed by atoms with Crippen LogP contribution in [0, 0.1) is 0 Å². The highest BCUT2D eigenvalue weighted by Gasteiger charge is 2.27. The van der Waals surface area contributed by atoms with E-state index in [4.69, 9.17) is 0 Å². The number of carbonyl (C=O) groups excluding carboxylic acids is 1. The van der Waals surface area contributed by atoms with Crippen molar-refractivity contribution in [1.82, 2.24) is 24.1 Å². The van der Waals surface area contributed by atoms with Crippen molar-refractivity contribution in [3.8, 4) is 0 Å². The van der Waals surface area contributed by atoms with E-state index >= 15 is 0 Å². The number of carbonyl (C=O) groups is 1. The molecule has 0 unspecified atom stereocenters. The zero-order valence-electron chi connectivity index (χ0n) is 20.0. The van der Waals surface area contributed by atoms with Crippen LogP contribution in [-0.2, 0) is 27.9 Å². The molecule has 2 saturated heterocycles. The van der Waals surface area contributed by atoms with Crippen molar-refractivity contribution >= 4 is 27.0 Å². The molecule has 3 aromatic rings. The number of hydrogen-bond acceptors (Lipinski definition) is 5. The van der Waals surface area contributed by atoms with Crippen LogP contribution in [0.25, 0.3) is 11.0 Å². The number of aromatic nitrogens is 2. The highest BCUT2D eigenvalue weighted by molar-refractivity contribution is 7.89. The highest BCUT2D eigenvalue weighted by Crippen LogP contribution is 2.24. The Kier molecular flexibility index (Phi) is 7.17. The van der Waals surface area contributed by atoms with Crippen LogP contribution in [0.4, 0.5) is 0 Å². The average molecular weight is 496 g/mol. The number of imidazole rings is 1. The average Bonchev–Trinajstić information content (AvgIpc) is 3.55. The summed E-state index contributed by atoms with van der Waals surface area (Å²) in [7, 11) is -3.47. The molecule has 0 spiro atoms. The van der Waals surface area contributed by atoms with E-state index < -0.39 is 10.0 Å². The van der Waals surface area contributed by atoms with Gasteiger partial charge in [0.15, 0.2) is 0 Å². The molecule has 1 aromatic heterocycles. The van der Waals surface area contributed by atoms with Gasteiger partial charge in [-0.1, -0.05) is 30.3 Å². The summed E-state index contributed by atoms with van der Waals surface area (Å²) in [5.74, 6) is 0.0431. The number of nitrogens with zero attached hydrogens (tertiary/aromatic N) is 4. The van der Waals surface area contributed by atoms with Gasteiger partial charge in [0.1, 0.15) is 0 Å². The number of rotatable bonds is 8. The number of amides is 1. The lowest BCUT2D eigenvalue weighted by molar-refractivity contribution is -0.122. The van der Waals surface area contributed by atoms with Crippen LogP contribution >= 0.6 is 0 Å². The third kappa shape index (κ3) is 5.58. The van der Waals surface area contributed by atoms with Crippen LogP contribution in [0.2, 0.25) is 0 Å². The second kappa shape index (κ2) is 10.5. The first-order valence-corrected chi connectivity index (χ1v) is 13.9. The number of hydrogen-bond donors (Lipinski definition) is 1. The highest BCUT2D eigenvalue weighted by atomic mass is 32.2. The molecule has 35 heavy (non-hydrogen) atoms. The van der Waals surface area contributed by atoms with E-state index in [1.165, 1.54) is 5.56 Å². The zero-order chi connectivity index (χ0) is 24.3. The first kappa shape index (κ1) is 24.0. The normalized spacial score (nSPS) is 18.3. The van der Waals surface area contributed by atoms with E-state index in [2.05, 4.69) is 39.5 Å². The molecular weight excluding hydrogens is 462 g/mol. The van der Waals surface area contributed by atoms with Crippen molar-refractivity contribution in [1.29, 1.82) is 0 Å². The van der Waals surface area contributed by atoms with E-state index in [9.17, 15) is 13.2 Å². The number of nitrogens with one attached hydrogen (secondary N) is 1. The van der Waals surface area contributed by atoms with E-state index in [0.29, 0.717) is 31.6 Å². The lowest BCUT2D eigenvalue weighted by Gasteiger charge is -2.32. The van der Waals surface area contributed by atoms with Gasteiger partial charge in [-0.05, 0) is 49.4 Å². The lowest BCUT2D eigenvalue weighted by atomic mass is 10.0. The van der Waals surface area contributed by atoms with Crippen LogP contribution in [0.5, 0.6) is 0 Å². The summed E-state index contributed by atoms with van der Waals surface area (Å²) >= 11 is 0. The third-order valence-electron chi connectivity index (χ3n) is 7.08. The topological polar surface area (TPSA) is 87.5 Å².